The normalized spacial score (nSPS) is 12.4. The number of pyridine rings is 1. The second kappa shape index (κ2) is 7.74. The summed E-state index contributed by atoms with van der Waals surface area (Å²) in [5, 5.41) is 0.368. The van der Waals surface area contributed by atoms with Crippen LogP contribution in [0.4, 0.5) is 10.1 Å². The third kappa shape index (κ3) is 3.65. The van der Waals surface area contributed by atoms with E-state index in [1.807, 2.05) is 0 Å². The maximum Gasteiger partial charge on any atom is 0.132 e. The molecule has 0 aliphatic heterocycles. The lowest BCUT2D eigenvalue weighted by Gasteiger charge is -2.14. The molecule has 8 heteroatoms. The predicted molar refractivity (Wildman–Crippen MR) is 99.6 cm³/mol. The molecule has 3 aromatic rings. The summed E-state index contributed by atoms with van der Waals surface area (Å²) in [4.78, 5) is 8.07. The Labute approximate surface area is 156 Å². The summed E-state index contributed by atoms with van der Waals surface area (Å²) in [5.74, 6) is -0.480. The van der Waals surface area contributed by atoms with Crippen molar-refractivity contribution in [2.75, 3.05) is 0 Å². The number of nitrogens with zero attached hydrogens (tertiary/aromatic N) is 2. The van der Waals surface area contributed by atoms with Crippen LogP contribution in [0.1, 0.15) is 0 Å². The van der Waals surface area contributed by atoms with Crippen LogP contribution in [0.25, 0.3) is 22.4 Å². The first kappa shape index (κ1) is 18.2. The van der Waals surface area contributed by atoms with Gasteiger partial charge in [0, 0.05) is 22.3 Å². The zero-order valence-electron chi connectivity index (χ0n) is 13.2. The van der Waals surface area contributed by atoms with Crippen molar-refractivity contribution in [2.24, 2.45) is 10.7 Å². The molecule has 2 aromatic carbocycles. The van der Waals surface area contributed by atoms with Crippen molar-refractivity contribution < 1.29 is 13.2 Å². The fraction of sp³-hybridized carbons (Fsp3) is 0. The highest BCUT2D eigenvalue weighted by molar-refractivity contribution is 7.79. The first-order valence-electron chi connectivity index (χ1n) is 7.39. The lowest BCUT2D eigenvalue weighted by atomic mass is 9.99. The molecule has 1 unspecified atom stereocenters. The molecule has 0 amide bonds. The summed E-state index contributed by atoms with van der Waals surface area (Å²) in [6.07, 6.45) is 2.54. The Hall–Kier alpha value is -2.61. The van der Waals surface area contributed by atoms with E-state index < -0.39 is 16.9 Å². The highest BCUT2D eigenvalue weighted by Gasteiger charge is 2.14. The summed E-state index contributed by atoms with van der Waals surface area (Å²) in [6.45, 7) is 0. The van der Waals surface area contributed by atoms with Gasteiger partial charge in [-0.1, -0.05) is 23.7 Å². The summed E-state index contributed by atoms with van der Waals surface area (Å²) in [5.41, 5.74) is 7.14. The molecule has 0 aliphatic carbocycles. The largest absolute Gasteiger partial charge is 0.768 e. The molecule has 0 saturated carbocycles. The van der Waals surface area contributed by atoms with Gasteiger partial charge in [-0.25, -0.2) is 9.38 Å². The zero-order chi connectivity index (χ0) is 18.7. The van der Waals surface area contributed by atoms with E-state index in [1.165, 1.54) is 36.5 Å². The van der Waals surface area contributed by atoms with Gasteiger partial charge < -0.3 is 10.3 Å². The molecule has 1 aromatic heterocycles. The van der Waals surface area contributed by atoms with Gasteiger partial charge in [0.25, 0.3) is 0 Å². The predicted octanol–water partition coefficient (Wildman–Crippen LogP) is 4.06. The quantitative estimate of drug-likeness (QED) is 0.414. The van der Waals surface area contributed by atoms with Gasteiger partial charge in [-0.2, -0.15) is 0 Å². The first-order chi connectivity index (χ1) is 12.5. The molecule has 1 heterocycles. The van der Waals surface area contributed by atoms with E-state index in [4.69, 9.17) is 17.3 Å². The molecule has 0 spiro atoms. The zero-order valence-corrected chi connectivity index (χ0v) is 14.8. The minimum Gasteiger partial charge on any atom is -0.768 e. The van der Waals surface area contributed by atoms with Gasteiger partial charge in [0.2, 0.25) is 0 Å². The number of nitrogens with two attached hydrogens (primary N) is 1. The molecule has 26 heavy (non-hydrogen) atoms. The topological polar surface area (TPSA) is 91.4 Å². The maximum atomic E-state index is 14.3. The monoisotopic (exact) mass is 388 g/mol. The Morgan fingerprint density at radius 1 is 1.19 bits per heavy atom. The van der Waals surface area contributed by atoms with Crippen molar-refractivity contribution in [1.29, 1.82) is 0 Å². The smallest absolute Gasteiger partial charge is 0.132 e. The number of benzene rings is 2. The highest BCUT2D eigenvalue weighted by atomic mass is 35.5. The molecule has 0 bridgehead atoms. The fourth-order valence-corrected chi connectivity index (χ4v) is 3.22. The number of aliphatic imine (C=N–C) groups is 1. The standard InChI is InChI=1S/C18H13ClFN3O2S/c19-12-4-5-15(20)14(9-12)18-13(2-1-7-22-18)11-3-6-16(23-10-21)17(8-11)26(24)25/h1-10H,(H2,21,23)(H,24,25)/p-1. The summed E-state index contributed by atoms with van der Waals surface area (Å²) < 4.78 is 37.3. The lowest BCUT2D eigenvalue weighted by Crippen LogP contribution is -1.95. The number of halogens is 2. The van der Waals surface area contributed by atoms with E-state index in [9.17, 15) is 13.2 Å². The molecule has 2 N–H and O–H groups in total. The average Bonchev–Trinajstić information content (AvgIpc) is 2.64. The van der Waals surface area contributed by atoms with Crippen LogP contribution in [0.2, 0.25) is 5.02 Å². The van der Waals surface area contributed by atoms with Gasteiger partial charge in [-0.05, 0) is 53.0 Å². The number of hydrogen-bond donors (Lipinski definition) is 1. The number of hydrogen-bond acceptors (Lipinski definition) is 4. The van der Waals surface area contributed by atoms with Gasteiger partial charge >= 0.3 is 0 Å². The van der Waals surface area contributed by atoms with Crippen LogP contribution in [0.3, 0.4) is 0 Å². The van der Waals surface area contributed by atoms with E-state index in [2.05, 4.69) is 9.98 Å². The van der Waals surface area contributed by atoms with Crippen LogP contribution in [0, 0.1) is 5.82 Å². The maximum absolute atomic E-state index is 14.3. The molecule has 132 valence electrons. The second-order valence-electron chi connectivity index (χ2n) is 5.22. The van der Waals surface area contributed by atoms with Crippen molar-refractivity contribution in [3.8, 4) is 22.4 Å². The number of rotatable bonds is 4. The first-order valence-corrected chi connectivity index (χ1v) is 8.85. The molecule has 0 aliphatic rings. The Balaban J connectivity index is 2.22. The summed E-state index contributed by atoms with van der Waals surface area (Å²) in [7, 11) is 0. The van der Waals surface area contributed by atoms with Crippen LogP contribution >= 0.6 is 11.6 Å². The SMILES string of the molecule is NC=Nc1ccc(-c2cccnc2-c2cc(Cl)ccc2F)cc1S(=O)[O-]. The molecular weight excluding hydrogens is 377 g/mol. The minimum atomic E-state index is -2.52. The van der Waals surface area contributed by atoms with Gasteiger partial charge in [0.1, 0.15) is 5.82 Å². The van der Waals surface area contributed by atoms with Crippen molar-refractivity contribution >= 4 is 34.7 Å². The van der Waals surface area contributed by atoms with Crippen LogP contribution in [-0.2, 0) is 11.1 Å². The van der Waals surface area contributed by atoms with Crippen molar-refractivity contribution in [3.63, 3.8) is 0 Å². The summed E-state index contributed by atoms with van der Waals surface area (Å²) in [6, 6.07) is 12.2. The molecular formula is C18H12ClFN3O2S-. The van der Waals surface area contributed by atoms with Gasteiger partial charge in [0.05, 0.1) is 22.6 Å². The Morgan fingerprint density at radius 2 is 2.00 bits per heavy atom. The van der Waals surface area contributed by atoms with E-state index in [1.54, 1.807) is 18.2 Å². The van der Waals surface area contributed by atoms with Gasteiger partial charge in [-0.3, -0.25) is 9.19 Å². The highest BCUT2D eigenvalue weighted by Crippen LogP contribution is 2.35. The minimum absolute atomic E-state index is 0.0226. The van der Waals surface area contributed by atoms with Gasteiger partial charge in [-0.15, -0.1) is 0 Å². The van der Waals surface area contributed by atoms with E-state index >= 15 is 0 Å². The Bertz CT molecular complexity index is 1030. The fourth-order valence-electron chi connectivity index (χ4n) is 2.53. The third-order valence-electron chi connectivity index (χ3n) is 3.66. The Kier molecular flexibility index (Phi) is 5.41. The average molecular weight is 389 g/mol. The molecule has 0 saturated heterocycles. The van der Waals surface area contributed by atoms with Crippen LogP contribution in [0.15, 0.2) is 64.6 Å². The van der Waals surface area contributed by atoms with Crippen LogP contribution < -0.4 is 5.73 Å². The van der Waals surface area contributed by atoms with Crippen molar-refractivity contribution in [1.82, 2.24) is 4.98 Å². The molecule has 1 atom stereocenters. The number of aromatic nitrogens is 1. The Morgan fingerprint density at radius 3 is 2.73 bits per heavy atom. The molecule has 5 nitrogen and oxygen atoms in total. The molecule has 0 radical (unpaired) electrons. The second-order valence-corrected chi connectivity index (χ2v) is 6.56. The van der Waals surface area contributed by atoms with E-state index in [0.717, 1.165) is 6.34 Å². The van der Waals surface area contributed by atoms with Crippen LogP contribution in [0.5, 0.6) is 0 Å². The van der Waals surface area contributed by atoms with E-state index in [0.29, 0.717) is 21.8 Å². The summed E-state index contributed by atoms with van der Waals surface area (Å²) >= 11 is 3.46. The van der Waals surface area contributed by atoms with Crippen molar-refractivity contribution in [3.05, 3.63) is 65.6 Å². The van der Waals surface area contributed by atoms with E-state index in [-0.39, 0.29) is 16.1 Å². The van der Waals surface area contributed by atoms with Gasteiger partial charge in [0.15, 0.2) is 0 Å². The molecule has 0 fully saturated rings. The lowest BCUT2D eigenvalue weighted by molar-refractivity contribution is 0.537. The molecule has 3 rings (SSSR count). The van der Waals surface area contributed by atoms with Crippen LogP contribution in [-0.4, -0.2) is 20.1 Å². The third-order valence-corrected chi connectivity index (χ3v) is 4.58. The van der Waals surface area contributed by atoms with Crippen molar-refractivity contribution in [2.45, 2.75) is 4.90 Å².